The van der Waals surface area contributed by atoms with Crippen molar-refractivity contribution in [2.24, 2.45) is 0 Å². The van der Waals surface area contributed by atoms with Gasteiger partial charge in [0.25, 0.3) is 5.91 Å². The number of likely N-dealkylation sites (tertiary alicyclic amines) is 1. The molecule has 0 unspecified atom stereocenters. The molecule has 0 atom stereocenters. The minimum atomic E-state index is -0.185. The van der Waals surface area contributed by atoms with E-state index in [1.807, 2.05) is 25.7 Å². The van der Waals surface area contributed by atoms with Crippen LogP contribution in [0.3, 0.4) is 0 Å². The van der Waals surface area contributed by atoms with Crippen molar-refractivity contribution >= 4 is 29.1 Å². The van der Waals surface area contributed by atoms with E-state index in [9.17, 15) is 4.79 Å². The maximum Gasteiger partial charge on any atom is 0.255 e. The van der Waals surface area contributed by atoms with Crippen LogP contribution in [0.2, 0.25) is 10.0 Å². The molecular weight excluding hydrogens is 281 g/mol. The summed E-state index contributed by atoms with van der Waals surface area (Å²) >= 11 is 12.7. The lowest BCUT2D eigenvalue weighted by Gasteiger charge is -2.24. The summed E-state index contributed by atoms with van der Waals surface area (Å²) in [5.41, 5.74) is 1.23. The van der Waals surface area contributed by atoms with Gasteiger partial charge in [-0.15, -0.1) is 0 Å². The van der Waals surface area contributed by atoms with Gasteiger partial charge in [0.2, 0.25) is 0 Å². The van der Waals surface area contributed by atoms with E-state index in [4.69, 9.17) is 23.2 Å². The molecule has 1 aliphatic heterocycles. The van der Waals surface area contributed by atoms with Crippen LogP contribution in [0.5, 0.6) is 0 Å². The van der Waals surface area contributed by atoms with Crippen LogP contribution in [0.25, 0.3) is 0 Å². The van der Waals surface area contributed by atoms with Gasteiger partial charge in [-0.2, -0.15) is 0 Å². The number of halogens is 2. The Balaban J connectivity index is 2.45. The number of rotatable bonds is 1. The van der Waals surface area contributed by atoms with Gasteiger partial charge in [0.15, 0.2) is 0 Å². The highest BCUT2D eigenvalue weighted by atomic mass is 35.5. The summed E-state index contributed by atoms with van der Waals surface area (Å²) in [7, 11) is 0. The number of hydrogen-bond donors (Lipinski definition) is 0. The molecule has 0 bridgehead atoms. The van der Waals surface area contributed by atoms with Crippen LogP contribution in [0.4, 0.5) is 0 Å². The molecule has 1 fully saturated rings. The molecule has 1 aromatic rings. The smallest absolute Gasteiger partial charge is 0.255 e. The number of carbonyl (C=O) groups excluding carboxylic acids is 1. The van der Waals surface area contributed by atoms with Gasteiger partial charge in [0, 0.05) is 18.1 Å². The quantitative estimate of drug-likeness (QED) is 0.746. The van der Waals surface area contributed by atoms with E-state index >= 15 is 0 Å². The van der Waals surface area contributed by atoms with E-state index in [0.717, 1.165) is 31.5 Å². The van der Waals surface area contributed by atoms with Gasteiger partial charge in [0.1, 0.15) is 0 Å². The summed E-state index contributed by atoms with van der Waals surface area (Å²) in [6, 6.07) is 3.51. The average molecular weight is 300 g/mol. The zero-order valence-electron chi connectivity index (χ0n) is 11.6. The molecular formula is C15H19Cl2NO. The second kappa shape index (κ2) is 5.34. The van der Waals surface area contributed by atoms with Crippen molar-refractivity contribution in [3.8, 4) is 0 Å². The molecule has 2 nitrogen and oxygen atoms in total. The molecule has 1 saturated heterocycles. The topological polar surface area (TPSA) is 20.3 Å². The first-order valence-electron chi connectivity index (χ1n) is 6.60. The van der Waals surface area contributed by atoms with Crippen LogP contribution >= 0.6 is 23.2 Å². The number of benzene rings is 1. The van der Waals surface area contributed by atoms with Gasteiger partial charge in [-0.25, -0.2) is 0 Å². The fraction of sp³-hybridized carbons (Fsp3) is 0.533. The van der Waals surface area contributed by atoms with Gasteiger partial charge in [-0.1, -0.05) is 44.0 Å². The summed E-state index contributed by atoms with van der Waals surface area (Å²) < 4.78 is 0. The summed E-state index contributed by atoms with van der Waals surface area (Å²) in [6.45, 7) is 7.78. The molecule has 0 spiro atoms. The first-order chi connectivity index (χ1) is 8.82. The van der Waals surface area contributed by atoms with Crippen LogP contribution in [0.15, 0.2) is 12.1 Å². The number of amides is 1. The molecule has 0 aliphatic carbocycles. The molecule has 4 heteroatoms. The number of hydrogen-bond acceptors (Lipinski definition) is 1. The van der Waals surface area contributed by atoms with E-state index in [1.165, 1.54) is 0 Å². The Morgan fingerprint density at radius 1 is 1.16 bits per heavy atom. The molecule has 0 saturated carbocycles. The Morgan fingerprint density at radius 3 is 2.26 bits per heavy atom. The zero-order valence-corrected chi connectivity index (χ0v) is 13.1. The summed E-state index contributed by atoms with van der Waals surface area (Å²) in [4.78, 5) is 14.3. The van der Waals surface area contributed by atoms with Crippen molar-refractivity contribution in [3.05, 3.63) is 33.3 Å². The summed E-state index contributed by atoms with van der Waals surface area (Å²) in [5, 5.41) is 1.12. The van der Waals surface area contributed by atoms with E-state index in [2.05, 4.69) is 0 Å². The van der Waals surface area contributed by atoms with Crippen LogP contribution in [-0.2, 0) is 5.41 Å². The first-order valence-corrected chi connectivity index (χ1v) is 7.35. The minimum absolute atomic E-state index is 0.0182. The Hall–Kier alpha value is -0.730. The number of carbonyl (C=O) groups is 1. The summed E-state index contributed by atoms with van der Waals surface area (Å²) in [5.74, 6) is 0.0182. The van der Waals surface area contributed by atoms with E-state index in [1.54, 1.807) is 12.1 Å². The van der Waals surface area contributed by atoms with Gasteiger partial charge >= 0.3 is 0 Å². The Bertz CT molecular complexity index is 500. The molecule has 104 valence electrons. The monoisotopic (exact) mass is 299 g/mol. The highest BCUT2D eigenvalue weighted by Gasteiger charge is 2.27. The van der Waals surface area contributed by atoms with E-state index in [-0.39, 0.29) is 11.3 Å². The average Bonchev–Trinajstić information content (AvgIpc) is 2.79. The molecule has 1 amide bonds. The maximum absolute atomic E-state index is 12.5. The molecule has 1 aromatic carbocycles. The predicted molar refractivity (Wildman–Crippen MR) is 80.3 cm³/mol. The van der Waals surface area contributed by atoms with Gasteiger partial charge in [0.05, 0.1) is 10.6 Å². The van der Waals surface area contributed by atoms with Crippen LogP contribution < -0.4 is 0 Å². The Morgan fingerprint density at radius 2 is 1.74 bits per heavy atom. The van der Waals surface area contributed by atoms with Crippen LogP contribution in [0, 0.1) is 0 Å². The fourth-order valence-electron chi connectivity index (χ4n) is 2.50. The molecule has 1 heterocycles. The van der Waals surface area contributed by atoms with Crippen molar-refractivity contribution in [2.45, 2.75) is 39.0 Å². The van der Waals surface area contributed by atoms with Crippen molar-refractivity contribution in [3.63, 3.8) is 0 Å². The number of nitrogens with zero attached hydrogens (tertiary/aromatic N) is 1. The second-order valence-electron chi connectivity index (χ2n) is 6.03. The molecule has 0 radical (unpaired) electrons. The summed E-state index contributed by atoms with van der Waals surface area (Å²) in [6.07, 6.45) is 2.14. The predicted octanol–water partition coefficient (Wildman–Crippen LogP) is 4.53. The third-order valence-corrected chi connectivity index (χ3v) is 4.17. The fourth-order valence-corrected chi connectivity index (χ4v) is 3.51. The van der Waals surface area contributed by atoms with Gasteiger partial charge in [-0.05, 0) is 36.0 Å². The maximum atomic E-state index is 12.5. The van der Waals surface area contributed by atoms with Crippen LogP contribution in [-0.4, -0.2) is 23.9 Å². The molecule has 19 heavy (non-hydrogen) atoms. The van der Waals surface area contributed by atoms with Crippen molar-refractivity contribution in [1.29, 1.82) is 0 Å². The standard InChI is InChI=1S/C15H19Cl2NO/c1-15(2,3)12-11(16)7-6-10(13(12)17)14(19)18-8-4-5-9-18/h6-7H,4-5,8-9H2,1-3H3. The highest BCUT2D eigenvalue weighted by molar-refractivity contribution is 6.38. The molecule has 0 aromatic heterocycles. The largest absolute Gasteiger partial charge is 0.339 e. The molecule has 0 N–H and O–H groups in total. The third-order valence-electron chi connectivity index (χ3n) is 3.46. The second-order valence-corrected chi connectivity index (χ2v) is 6.82. The lowest BCUT2D eigenvalue weighted by atomic mass is 9.86. The molecule has 1 aliphatic rings. The van der Waals surface area contributed by atoms with Crippen molar-refractivity contribution < 1.29 is 4.79 Å². The SMILES string of the molecule is CC(C)(C)c1c(Cl)ccc(C(=O)N2CCCC2)c1Cl. The Kier molecular flexibility index (Phi) is 4.12. The zero-order chi connectivity index (χ0) is 14.2. The van der Waals surface area contributed by atoms with Gasteiger partial charge in [-0.3, -0.25) is 4.79 Å². The lowest BCUT2D eigenvalue weighted by molar-refractivity contribution is 0.0793. The third kappa shape index (κ3) is 2.90. The lowest BCUT2D eigenvalue weighted by Crippen LogP contribution is -2.28. The first kappa shape index (κ1) is 14.7. The molecule has 2 rings (SSSR count). The van der Waals surface area contributed by atoms with Gasteiger partial charge < -0.3 is 4.90 Å². The minimum Gasteiger partial charge on any atom is -0.339 e. The van der Waals surface area contributed by atoms with Crippen molar-refractivity contribution in [1.82, 2.24) is 4.90 Å². The Labute approximate surface area is 124 Å². The van der Waals surface area contributed by atoms with E-state index < -0.39 is 0 Å². The van der Waals surface area contributed by atoms with Crippen LogP contribution in [0.1, 0.15) is 49.5 Å². The normalized spacial score (nSPS) is 15.9. The van der Waals surface area contributed by atoms with E-state index in [0.29, 0.717) is 15.6 Å². The highest BCUT2D eigenvalue weighted by Crippen LogP contribution is 2.38. The van der Waals surface area contributed by atoms with Crippen molar-refractivity contribution in [2.75, 3.05) is 13.1 Å².